The van der Waals surface area contributed by atoms with E-state index < -0.39 is 92.7 Å². The smallest absolute Gasteiger partial charge is 0.306 e. The number of aliphatic hydroxyl groups is 7. The van der Waals surface area contributed by atoms with E-state index in [2.05, 4.69) is 50.3 Å². The Bertz CT molecular complexity index is 1240. The first-order valence-corrected chi connectivity index (χ1v) is 24.1. The van der Waals surface area contributed by atoms with Gasteiger partial charge in [0.05, 0.1) is 19.8 Å². The van der Waals surface area contributed by atoms with Crippen LogP contribution in [0.5, 0.6) is 0 Å². The van der Waals surface area contributed by atoms with Gasteiger partial charge in [-0.2, -0.15) is 0 Å². The molecule has 63 heavy (non-hydrogen) atoms. The topological polar surface area (TPSA) is 231 Å². The molecule has 0 aliphatic carbocycles. The SMILES string of the molecule is CCCC/C=C\C/C=C\CCCCCCCC(=O)OC(COC(=O)CCCCCCC/C=C\CCCCCC)COC1OC(COC2OC(CO)C(O)C(O)C2O)C(O)C(O)C1O. The van der Waals surface area contributed by atoms with Crippen LogP contribution in [0.15, 0.2) is 36.5 Å². The summed E-state index contributed by atoms with van der Waals surface area (Å²) >= 11 is 0. The Morgan fingerprint density at radius 3 is 1.54 bits per heavy atom. The summed E-state index contributed by atoms with van der Waals surface area (Å²) in [5.41, 5.74) is 0. The number of hydrogen-bond acceptors (Lipinski definition) is 15. The summed E-state index contributed by atoms with van der Waals surface area (Å²) in [6.45, 7) is 2.49. The highest BCUT2D eigenvalue weighted by atomic mass is 16.7. The third-order valence-corrected chi connectivity index (χ3v) is 11.3. The Kier molecular flexibility index (Phi) is 32.4. The number of unbranched alkanes of at least 4 members (excludes halogenated alkanes) is 16. The van der Waals surface area contributed by atoms with Crippen LogP contribution >= 0.6 is 0 Å². The first kappa shape index (κ1) is 56.8. The first-order chi connectivity index (χ1) is 30.5. The van der Waals surface area contributed by atoms with Crippen LogP contribution in [0.25, 0.3) is 0 Å². The Hall–Kier alpha value is -2.28. The minimum atomic E-state index is -1.77. The van der Waals surface area contributed by atoms with Gasteiger partial charge in [-0.25, -0.2) is 0 Å². The second-order valence-corrected chi connectivity index (χ2v) is 16.9. The molecule has 11 atom stereocenters. The normalized spacial score (nSPS) is 27.1. The summed E-state index contributed by atoms with van der Waals surface area (Å²) in [6.07, 6.45) is 18.9. The number of carbonyl (C=O) groups excluding carboxylic acids is 2. The number of ether oxygens (including phenoxy) is 6. The molecule has 0 aromatic carbocycles. The summed E-state index contributed by atoms with van der Waals surface area (Å²) < 4.78 is 33.5. The zero-order valence-electron chi connectivity index (χ0n) is 38.3. The van der Waals surface area contributed by atoms with Gasteiger partial charge in [-0.3, -0.25) is 9.59 Å². The lowest BCUT2D eigenvalue weighted by molar-refractivity contribution is -0.332. The van der Waals surface area contributed by atoms with Gasteiger partial charge in [-0.05, 0) is 64.2 Å². The highest BCUT2D eigenvalue weighted by molar-refractivity contribution is 5.70. The third kappa shape index (κ3) is 24.7. The third-order valence-electron chi connectivity index (χ3n) is 11.3. The molecule has 0 bridgehead atoms. The summed E-state index contributed by atoms with van der Waals surface area (Å²) in [5, 5.41) is 71.9. The maximum atomic E-state index is 12.9. The molecule has 2 aliphatic heterocycles. The van der Waals surface area contributed by atoms with E-state index in [4.69, 9.17) is 28.4 Å². The van der Waals surface area contributed by atoms with Crippen LogP contribution in [0.4, 0.5) is 0 Å². The van der Waals surface area contributed by atoms with E-state index in [1.165, 1.54) is 38.5 Å². The lowest BCUT2D eigenvalue weighted by atomic mass is 9.98. The molecule has 15 nitrogen and oxygen atoms in total. The van der Waals surface area contributed by atoms with Crippen molar-refractivity contribution < 1.29 is 73.8 Å². The maximum Gasteiger partial charge on any atom is 0.306 e. The number of hydrogen-bond donors (Lipinski definition) is 7. The molecule has 0 amide bonds. The largest absolute Gasteiger partial charge is 0.462 e. The second-order valence-electron chi connectivity index (χ2n) is 16.9. The molecule has 2 rings (SSSR count). The van der Waals surface area contributed by atoms with Crippen LogP contribution in [0, 0.1) is 0 Å². The predicted molar refractivity (Wildman–Crippen MR) is 238 cm³/mol. The zero-order chi connectivity index (χ0) is 46.1. The van der Waals surface area contributed by atoms with Crippen LogP contribution in [-0.2, 0) is 38.0 Å². The van der Waals surface area contributed by atoms with E-state index in [0.29, 0.717) is 12.8 Å². The maximum absolute atomic E-state index is 12.9. The van der Waals surface area contributed by atoms with Gasteiger partial charge in [-0.1, -0.05) is 121 Å². The molecule has 2 heterocycles. The zero-order valence-corrected chi connectivity index (χ0v) is 38.3. The first-order valence-electron chi connectivity index (χ1n) is 24.1. The second kappa shape index (κ2) is 35.9. The van der Waals surface area contributed by atoms with Crippen LogP contribution < -0.4 is 0 Å². The van der Waals surface area contributed by atoms with Crippen molar-refractivity contribution in [1.29, 1.82) is 0 Å². The van der Waals surface area contributed by atoms with Gasteiger partial charge in [-0.15, -0.1) is 0 Å². The Morgan fingerprint density at radius 2 is 0.968 bits per heavy atom. The summed E-state index contributed by atoms with van der Waals surface area (Å²) in [6, 6.07) is 0. The molecule has 0 spiro atoms. The number of carbonyl (C=O) groups is 2. The van der Waals surface area contributed by atoms with Crippen molar-refractivity contribution in [3.63, 3.8) is 0 Å². The minimum Gasteiger partial charge on any atom is -0.462 e. The molecule has 7 N–H and O–H groups in total. The minimum absolute atomic E-state index is 0.147. The van der Waals surface area contributed by atoms with Gasteiger partial charge in [0.1, 0.15) is 55.4 Å². The van der Waals surface area contributed by atoms with E-state index >= 15 is 0 Å². The lowest BCUT2D eigenvalue weighted by Gasteiger charge is -2.42. The van der Waals surface area contributed by atoms with E-state index in [1.807, 2.05) is 0 Å². The van der Waals surface area contributed by atoms with Gasteiger partial charge in [0.15, 0.2) is 18.7 Å². The Labute approximate surface area is 376 Å². The van der Waals surface area contributed by atoms with Crippen molar-refractivity contribution in [3.05, 3.63) is 36.5 Å². The predicted octanol–water partition coefficient (Wildman–Crippen LogP) is 5.76. The van der Waals surface area contributed by atoms with Gasteiger partial charge < -0.3 is 64.2 Å². The van der Waals surface area contributed by atoms with Crippen molar-refractivity contribution in [1.82, 2.24) is 0 Å². The van der Waals surface area contributed by atoms with Crippen molar-refractivity contribution >= 4 is 11.9 Å². The molecular weight excluding hydrogens is 817 g/mol. The molecular formula is C48H84O15. The fraction of sp³-hybridized carbons (Fsp3) is 0.833. The number of aliphatic hydroxyl groups excluding tert-OH is 7. The van der Waals surface area contributed by atoms with E-state index in [9.17, 15) is 45.3 Å². The fourth-order valence-electron chi connectivity index (χ4n) is 7.29. The summed E-state index contributed by atoms with van der Waals surface area (Å²) in [7, 11) is 0. The molecule has 15 heteroatoms. The molecule has 2 fully saturated rings. The summed E-state index contributed by atoms with van der Waals surface area (Å²) in [5.74, 6) is -0.953. The summed E-state index contributed by atoms with van der Waals surface area (Å²) in [4.78, 5) is 25.7. The van der Waals surface area contributed by atoms with Crippen molar-refractivity contribution in [3.8, 4) is 0 Å². The lowest BCUT2D eigenvalue weighted by Crippen LogP contribution is -2.61. The highest BCUT2D eigenvalue weighted by Crippen LogP contribution is 2.26. The molecule has 0 aromatic rings. The van der Waals surface area contributed by atoms with Gasteiger partial charge >= 0.3 is 11.9 Å². The molecule has 2 saturated heterocycles. The molecule has 2 aliphatic rings. The van der Waals surface area contributed by atoms with Crippen LogP contribution in [0.3, 0.4) is 0 Å². The average molecular weight is 901 g/mol. The van der Waals surface area contributed by atoms with Crippen LogP contribution in [0.2, 0.25) is 0 Å². The molecule has 0 saturated carbocycles. The number of allylic oxidation sites excluding steroid dienone is 6. The molecule has 366 valence electrons. The van der Waals surface area contributed by atoms with Gasteiger partial charge in [0.25, 0.3) is 0 Å². The Morgan fingerprint density at radius 1 is 0.508 bits per heavy atom. The van der Waals surface area contributed by atoms with E-state index in [-0.39, 0.29) is 26.1 Å². The van der Waals surface area contributed by atoms with Crippen LogP contribution in [-0.4, -0.2) is 142 Å². The van der Waals surface area contributed by atoms with Gasteiger partial charge in [0.2, 0.25) is 0 Å². The molecule has 0 aromatic heterocycles. The van der Waals surface area contributed by atoms with E-state index in [0.717, 1.165) is 83.5 Å². The highest BCUT2D eigenvalue weighted by Gasteiger charge is 2.47. The van der Waals surface area contributed by atoms with Crippen molar-refractivity contribution in [2.24, 2.45) is 0 Å². The van der Waals surface area contributed by atoms with E-state index in [1.54, 1.807) is 0 Å². The van der Waals surface area contributed by atoms with Crippen LogP contribution in [0.1, 0.15) is 162 Å². The standard InChI is InChI=1S/C48H84O15/c1-3-5-7-9-11-13-15-17-19-21-23-25-27-29-31-40(51)61-36(33-58-39(50)30-28-26-24-22-20-18-16-14-12-10-8-6-4-2)34-59-47-46(57)44(55)42(53)38(63-47)35-60-48-45(56)43(54)41(52)37(32-49)62-48/h9,11,14-17,36-38,41-49,52-57H,3-8,10,12-13,18-35H2,1-2H3/b11-9-,16-14-,17-15-. The van der Waals surface area contributed by atoms with Crippen molar-refractivity contribution in [2.75, 3.05) is 26.4 Å². The fourth-order valence-corrected chi connectivity index (χ4v) is 7.29. The monoisotopic (exact) mass is 901 g/mol. The number of esters is 2. The quantitative estimate of drug-likeness (QED) is 0.0225. The van der Waals surface area contributed by atoms with Gasteiger partial charge in [0, 0.05) is 12.8 Å². The number of rotatable bonds is 36. The molecule has 11 unspecified atom stereocenters. The van der Waals surface area contributed by atoms with Crippen molar-refractivity contribution in [2.45, 2.75) is 229 Å². The average Bonchev–Trinajstić information content (AvgIpc) is 3.28. The molecule has 0 radical (unpaired) electrons. The Balaban J connectivity index is 1.85.